The van der Waals surface area contributed by atoms with Gasteiger partial charge in [0.1, 0.15) is 0 Å². The summed E-state index contributed by atoms with van der Waals surface area (Å²) in [5, 5.41) is 5.58. The van der Waals surface area contributed by atoms with Gasteiger partial charge in [0.25, 0.3) is 0 Å². The van der Waals surface area contributed by atoms with Gasteiger partial charge in [-0.2, -0.15) is 0 Å². The highest BCUT2D eigenvalue weighted by Crippen LogP contribution is 2.36. The summed E-state index contributed by atoms with van der Waals surface area (Å²) in [7, 11) is 0. The second-order valence-corrected chi connectivity index (χ2v) is 12.6. The molecule has 3 aromatic carbocycles. The van der Waals surface area contributed by atoms with Crippen LogP contribution in [-0.4, -0.2) is 44.3 Å². The molecule has 0 unspecified atom stereocenters. The second kappa shape index (κ2) is 19.9. The van der Waals surface area contributed by atoms with Crippen molar-refractivity contribution in [3.8, 4) is 20.9 Å². The summed E-state index contributed by atoms with van der Waals surface area (Å²) in [5.74, 6) is -1.07. The van der Waals surface area contributed by atoms with Gasteiger partial charge in [-0.05, 0) is 103 Å². The van der Waals surface area contributed by atoms with Crippen LogP contribution in [0.5, 0.6) is 0 Å². The molecule has 7 nitrogen and oxygen atoms in total. The van der Waals surface area contributed by atoms with Crippen LogP contribution in [0.25, 0.3) is 31.7 Å². The van der Waals surface area contributed by atoms with Gasteiger partial charge < -0.3 is 19.5 Å². The van der Waals surface area contributed by atoms with Gasteiger partial charge in [-0.3, -0.25) is 0 Å². The van der Waals surface area contributed by atoms with E-state index in [1.54, 1.807) is 11.3 Å². The van der Waals surface area contributed by atoms with E-state index < -0.39 is 5.97 Å². The van der Waals surface area contributed by atoms with Gasteiger partial charge in [0, 0.05) is 34.1 Å². The summed E-state index contributed by atoms with van der Waals surface area (Å²) in [4.78, 5) is 37.1. The minimum absolute atomic E-state index is 0.317. The first-order chi connectivity index (χ1) is 23.5. The highest BCUT2D eigenvalue weighted by Gasteiger charge is 2.10. The van der Waals surface area contributed by atoms with Gasteiger partial charge in [-0.15, -0.1) is 11.3 Å². The number of carbonyl (C=O) groups excluding carboxylic acids is 3. The maximum atomic E-state index is 12.6. The molecule has 0 aliphatic heterocycles. The number of nitrogens with one attached hydrogen (secondary N) is 1. The molecular formula is C40H45NO6S. The fraction of sp³-hybridized carbons (Fsp3) is 0.325. The third-order valence-corrected chi connectivity index (χ3v) is 9.06. The molecule has 4 aromatic rings. The lowest BCUT2D eigenvalue weighted by atomic mass is 10.0. The third-order valence-electron chi connectivity index (χ3n) is 7.88. The Balaban J connectivity index is 1.19. The normalized spacial score (nSPS) is 10.8. The van der Waals surface area contributed by atoms with Gasteiger partial charge in [0.2, 0.25) is 0 Å². The van der Waals surface area contributed by atoms with Gasteiger partial charge in [0.05, 0.1) is 25.4 Å². The first-order valence-corrected chi connectivity index (χ1v) is 17.5. The van der Waals surface area contributed by atoms with Crippen molar-refractivity contribution in [2.75, 3.05) is 31.7 Å². The third kappa shape index (κ3) is 11.8. The number of ether oxygens (including phenoxy) is 3. The van der Waals surface area contributed by atoms with E-state index in [1.807, 2.05) is 18.2 Å². The monoisotopic (exact) mass is 667 g/mol. The van der Waals surface area contributed by atoms with Crippen molar-refractivity contribution in [1.82, 2.24) is 0 Å². The average molecular weight is 668 g/mol. The van der Waals surface area contributed by atoms with Crippen molar-refractivity contribution in [1.29, 1.82) is 0 Å². The van der Waals surface area contributed by atoms with Crippen molar-refractivity contribution >= 4 is 45.7 Å². The quantitative estimate of drug-likeness (QED) is 0.0409. The molecule has 1 aromatic heterocycles. The maximum absolute atomic E-state index is 12.6. The summed E-state index contributed by atoms with van der Waals surface area (Å²) in [6.45, 7) is 8.91. The summed E-state index contributed by atoms with van der Waals surface area (Å²) < 4.78 is 15.4. The van der Waals surface area contributed by atoms with Crippen LogP contribution < -0.4 is 5.32 Å². The number of thiophene rings is 1. The molecular weight excluding hydrogens is 623 g/mol. The van der Waals surface area contributed by atoms with Crippen LogP contribution in [0.3, 0.4) is 0 Å². The van der Waals surface area contributed by atoms with Crippen LogP contribution in [-0.2, 0) is 23.8 Å². The zero-order chi connectivity index (χ0) is 34.0. The minimum Gasteiger partial charge on any atom is -0.463 e. The number of esters is 3. The molecule has 48 heavy (non-hydrogen) atoms. The molecule has 1 heterocycles. The summed E-state index contributed by atoms with van der Waals surface area (Å²) in [6, 6.07) is 24.9. The molecule has 0 amide bonds. The Kier molecular flexibility index (Phi) is 15.0. The highest BCUT2D eigenvalue weighted by molar-refractivity contribution is 7.18. The zero-order valence-corrected chi connectivity index (χ0v) is 28.4. The lowest BCUT2D eigenvalue weighted by Crippen LogP contribution is -2.06. The number of hydrogen-bond acceptors (Lipinski definition) is 8. The molecule has 1 N–H and O–H groups in total. The summed E-state index contributed by atoms with van der Waals surface area (Å²) in [6.07, 6.45) is 11.0. The summed E-state index contributed by atoms with van der Waals surface area (Å²) in [5.41, 5.74) is 3.99. The molecule has 4 rings (SSSR count). The van der Waals surface area contributed by atoms with Gasteiger partial charge in [-0.25, -0.2) is 14.4 Å². The molecule has 252 valence electrons. The number of hydrogen-bond donors (Lipinski definition) is 1. The summed E-state index contributed by atoms with van der Waals surface area (Å²) >= 11 is 1.76. The Morgan fingerprint density at radius 1 is 0.583 bits per heavy atom. The van der Waals surface area contributed by atoms with Crippen molar-refractivity contribution in [3.05, 3.63) is 104 Å². The van der Waals surface area contributed by atoms with Crippen molar-refractivity contribution in [2.24, 2.45) is 0 Å². The van der Waals surface area contributed by atoms with Crippen LogP contribution in [0.15, 0.2) is 98.1 Å². The lowest BCUT2D eigenvalue weighted by molar-refractivity contribution is -0.138. The number of fused-ring (bicyclic) bond motifs is 1. The number of benzene rings is 3. The van der Waals surface area contributed by atoms with Gasteiger partial charge >= 0.3 is 17.9 Å². The Morgan fingerprint density at radius 3 is 1.75 bits per heavy atom. The first kappa shape index (κ1) is 36.2. The lowest BCUT2D eigenvalue weighted by Gasteiger charge is -2.08. The molecule has 0 aliphatic carbocycles. The van der Waals surface area contributed by atoms with E-state index in [0.29, 0.717) is 25.4 Å². The van der Waals surface area contributed by atoms with Crippen molar-refractivity contribution in [3.63, 3.8) is 0 Å². The minimum atomic E-state index is -0.401. The van der Waals surface area contributed by atoms with Crippen LogP contribution in [0.4, 0.5) is 5.69 Å². The molecule has 0 bridgehead atoms. The molecule has 0 aliphatic rings. The van der Waals surface area contributed by atoms with E-state index in [-0.39, 0.29) is 11.9 Å². The predicted molar refractivity (Wildman–Crippen MR) is 195 cm³/mol. The highest BCUT2D eigenvalue weighted by atomic mass is 32.1. The Morgan fingerprint density at radius 2 is 1.10 bits per heavy atom. The molecule has 0 saturated heterocycles. The van der Waals surface area contributed by atoms with E-state index in [1.165, 1.54) is 21.4 Å². The van der Waals surface area contributed by atoms with Crippen LogP contribution in [0, 0.1) is 0 Å². The second-order valence-electron chi connectivity index (χ2n) is 11.5. The first-order valence-electron chi connectivity index (χ1n) is 16.7. The van der Waals surface area contributed by atoms with Crippen LogP contribution in [0.2, 0.25) is 0 Å². The maximum Gasteiger partial charge on any atom is 0.338 e. The molecule has 0 atom stereocenters. The average Bonchev–Trinajstić information content (AvgIpc) is 3.62. The number of rotatable bonds is 21. The largest absolute Gasteiger partial charge is 0.463 e. The molecule has 0 fully saturated rings. The molecule has 8 heteroatoms. The number of unbranched alkanes of at least 4 members (excludes halogenated alkanes) is 7. The van der Waals surface area contributed by atoms with E-state index in [9.17, 15) is 14.4 Å². The SMILES string of the molecule is C=CC(=O)OCCCCCCCNc1ccc(-c2ccc(-c3ccc4cc(C(=O)OCCCCCCOC(=O)C=C)ccc4c3)s2)cc1. The van der Waals surface area contributed by atoms with E-state index in [2.05, 4.69) is 73.1 Å². The Labute approximate surface area is 287 Å². The van der Waals surface area contributed by atoms with E-state index in [4.69, 9.17) is 14.2 Å². The fourth-order valence-corrected chi connectivity index (χ4v) is 6.19. The van der Waals surface area contributed by atoms with Gasteiger partial charge in [0.15, 0.2) is 0 Å². The predicted octanol–water partition coefficient (Wildman–Crippen LogP) is 9.77. The van der Waals surface area contributed by atoms with E-state index in [0.717, 1.165) is 92.4 Å². The number of anilines is 1. The fourth-order valence-electron chi connectivity index (χ4n) is 5.19. The molecule has 0 spiro atoms. The Hall–Kier alpha value is -4.69. The van der Waals surface area contributed by atoms with Crippen LogP contribution in [0.1, 0.15) is 68.1 Å². The van der Waals surface area contributed by atoms with Crippen molar-refractivity contribution < 1.29 is 28.6 Å². The Bertz CT molecular complexity index is 1660. The number of carbonyl (C=O) groups is 3. The van der Waals surface area contributed by atoms with Crippen molar-refractivity contribution in [2.45, 2.75) is 57.8 Å². The topological polar surface area (TPSA) is 90.9 Å². The molecule has 0 saturated carbocycles. The molecule has 0 radical (unpaired) electrons. The standard InChI is InChI=1S/C40H45NO6S/c1-3-38(42)45-25-11-7-5-6-10-24-41-35-20-18-30(19-21-35)36-22-23-37(48-36)33-16-14-32-29-34(17-15-31(32)28-33)40(44)47-27-13-9-8-12-26-46-39(43)4-2/h3-4,14-23,28-29,41H,1-2,5-13,24-27H2. The van der Waals surface area contributed by atoms with E-state index >= 15 is 0 Å². The van der Waals surface area contributed by atoms with Crippen LogP contribution >= 0.6 is 11.3 Å². The smallest absolute Gasteiger partial charge is 0.338 e. The van der Waals surface area contributed by atoms with Gasteiger partial charge in [-0.1, -0.05) is 62.8 Å². The zero-order valence-electron chi connectivity index (χ0n) is 27.5.